The summed E-state index contributed by atoms with van der Waals surface area (Å²) in [5.41, 5.74) is 1.18. The normalized spacial score (nSPS) is 17.4. The van der Waals surface area contributed by atoms with Gasteiger partial charge in [-0.05, 0) is 42.7 Å². The molecule has 0 spiro atoms. The van der Waals surface area contributed by atoms with Gasteiger partial charge in [0.05, 0.1) is 5.92 Å². The molecular formula is C22H23FN2O4. The van der Waals surface area contributed by atoms with Crippen molar-refractivity contribution >= 4 is 17.8 Å². The molecule has 0 saturated carbocycles. The van der Waals surface area contributed by atoms with Crippen molar-refractivity contribution in [3.05, 3.63) is 71.5 Å². The first-order valence-electron chi connectivity index (χ1n) is 9.56. The number of benzene rings is 2. The van der Waals surface area contributed by atoms with Crippen LogP contribution in [0.1, 0.15) is 28.8 Å². The Morgan fingerprint density at radius 3 is 2.45 bits per heavy atom. The summed E-state index contributed by atoms with van der Waals surface area (Å²) in [6.07, 6.45) is 1.41. The third-order valence-corrected chi connectivity index (χ3v) is 5.07. The number of hydrogen-bond donors (Lipinski definition) is 2. The number of piperidine rings is 1. The van der Waals surface area contributed by atoms with Crippen molar-refractivity contribution in [2.45, 2.75) is 25.3 Å². The van der Waals surface area contributed by atoms with E-state index in [1.807, 2.05) is 30.3 Å². The van der Waals surface area contributed by atoms with E-state index in [4.69, 9.17) is 0 Å². The third kappa shape index (κ3) is 5.40. The van der Waals surface area contributed by atoms with E-state index < -0.39 is 23.7 Å². The molecule has 152 valence electrons. The number of carbonyl (C=O) groups is 3. The van der Waals surface area contributed by atoms with Crippen molar-refractivity contribution in [2.24, 2.45) is 5.92 Å². The number of rotatable bonds is 6. The van der Waals surface area contributed by atoms with Gasteiger partial charge in [-0.15, -0.1) is 0 Å². The lowest BCUT2D eigenvalue weighted by Crippen LogP contribution is -2.50. The van der Waals surface area contributed by atoms with E-state index in [0.29, 0.717) is 24.9 Å². The molecule has 2 aromatic rings. The van der Waals surface area contributed by atoms with E-state index in [9.17, 15) is 23.9 Å². The number of amides is 2. The van der Waals surface area contributed by atoms with Gasteiger partial charge in [0.1, 0.15) is 11.9 Å². The zero-order valence-electron chi connectivity index (χ0n) is 15.9. The standard InChI is InChI=1S/C22H23FN2O4/c23-18-10-8-16(9-11-18)21(27)25-12-4-7-17(14-25)20(26)24-19(22(28)29)13-15-5-2-1-3-6-15/h1-3,5-6,8-11,17,19H,4,7,12-14H2,(H,24,26)(H,28,29)/t17?,19-/m0/s1. The number of aliphatic carboxylic acids is 1. The van der Waals surface area contributed by atoms with E-state index in [1.165, 1.54) is 24.3 Å². The Morgan fingerprint density at radius 1 is 1.10 bits per heavy atom. The molecule has 0 aliphatic carbocycles. The van der Waals surface area contributed by atoms with Crippen LogP contribution in [0, 0.1) is 11.7 Å². The van der Waals surface area contributed by atoms with Crippen LogP contribution < -0.4 is 5.32 Å². The largest absolute Gasteiger partial charge is 0.480 e. The predicted octanol–water partition coefficient (Wildman–Crippen LogP) is 2.49. The maximum atomic E-state index is 13.1. The number of halogens is 1. The summed E-state index contributed by atoms with van der Waals surface area (Å²) >= 11 is 0. The number of hydrogen-bond acceptors (Lipinski definition) is 3. The van der Waals surface area contributed by atoms with Gasteiger partial charge in [0, 0.05) is 25.1 Å². The molecule has 1 aliphatic heterocycles. The number of likely N-dealkylation sites (tertiary alicyclic amines) is 1. The molecular weight excluding hydrogens is 375 g/mol. The summed E-state index contributed by atoms with van der Waals surface area (Å²) in [6.45, 7) is 0.714. The summed E-state index contributed by atoms with van der Waals surface area (Å²) < 4.78 is 13.1. The average molecular weight is 398 g/mol. The summed E-state index contributed by atoms with van der Waals surface area (Å²) in [7, 11) is 0. The van der Waals surface area contributed by atoms with Crippen LogP contribution in [0.4, 0.5) is 4.39 Å². The van der Waals surface area contributed by atoms with Gasteiger partial charge in [-0.1, -0.05) is 30.3 Å². The fourth-order valence-corrected chi connectivity index (χ4v) is 3.49. The first-order chi connectivity index (χ1) is 13.9. The molecule has 1 saturated heterocycles. The van der Waals surface area contributed by atoms with Gasteiger partial charge in [-0.25, -0.2) is 9.18 Å². The first kappa shape index (κ1) is 20.5. The van der Waals surface area contributed by atoms with Crippen LogP contribution in [-0.4, -0.2) is 46.9 Å². The highest BCUT2D eigenvalue weighted by atomic mass is 19.1. The van der Waals surface area contributed by atoms with Crippen LogP contribution in [0.5, 0.6) is 0 Å². The molecule has 0 aromatic heterocycles. The molecule has 3 rings (SSSR count). The molecule has 7 heteroatoms. The lowest BCUT2D eigenvalue weighted by Gasteiger charge is -2.32. The molecule has 0 bridgehead atoms. The van der Waals surface area contributed by atoms with Crippen molar-refractivity contribution in [3.63, 3.8) is 0 Å². The molecule has 2 amide bonds. The predicted molar refractivity (Wildman–Crippen MR) is 105 cm³/mol. The van der Waals surface area contributed by atoms with E-state index in [-0.39, 0.29) is 24.8 Å². The highest BCUT2D eigenvalue weighted by Crippen LogP contribution is 2.19. The van der Waals surface area contributed by atoms with Crippen molar-refractivity contribution in [3.8, 4) is 0 Å². The van der Waals surface area contributed by atoms with Crippen LogP contribution in [0.3, 0.4) is 0 Å². The molecule has 1 fully saturated rings. The second-order valence-electron chi connectivity index (χ2n) is 7.19. The minimum atomic E-state index is -1.10. The number of carboxylic acids is 1. The molecule has 2 N–H and O–H groups in total. The summed E-state index contributed by atoms with van der Waals surface area (Å²) in [5, 5.41) is 12.1. The smallest absolute Gasteiger partial charge is 0.326 e. The fourth-order valence-electron chi connectivity index (χ4n) is 3.49. The number of carbonyl (C=O) groups excluding carboxylic acids is 2. The van der Waals surface area contributed by atoms with Gasteiger partial charge in [-0.2, -0.15) is 0 Å². The van der Waals surface area contributed by atoms with Gasteiger partial charge in [0.25, 0.3) is 5.91 Å². The Kier molecular flexibility index (Phi) is 6.59. The number of nitrogens with zero attached hydrogens (tertiary/aromatic N) is 1. The number of nitrogens with one attached hydrogen (secondary N) is 1. The van der Waals surface area contributed by atoms with E-state index in [2.05, 4.69) is 5.32 Å². The van der Waals surface area contributed by atoms with Crippen LogP contribution in [0.25, 0.3) is 0 Å². The molecule has 29 heavy (non-hydrogen) atoms. The second-order valence-corrected chi connectivity index (χ2v) is 7.19. The summed E-state index contributed by atoms with van der Waals surface area (Å²) in [4.78, 5) is 38.5. The molecule has 0 radical (unpaired) electrons. The monoisotopic (exact) mass is 398 g/mol. The lowest BCUT2D eigenvalue weighted by molar-refractivity contribution is -0.142. The van der Waals surface area contributed by atoms with Crippen molar-refractivity contribution < 1.29 is 23.9 Å². The van der Waals surface area contributed by atoms with Crippen molar-refractivity contribution in [1.82, 2.24) is 10.2 Å². The van der Waals surface area contributed by atoms with Gasteiger partial charge in [-0.3, -0.25) is 9.59 Å². The van der Waals surface area contributed by atoms with Crippen LogP contribution in [0.2, 0.25) is 0 Å². The Labute approximate surface area is 168 Å². The first-order valence-corrected chi connectivity index (χ1v) is 9.56. The Hall–Kier alpha value is -3.22. The van der Waals surface area contributed by atoms with E-state index in [1.54, 1.807) is 4.90 Å². The molecule has 1 unspecified atom stereocenters. The zero-order chi connectivity index (χ0) is 20.8. The molecule has 1 aliphatic rings. The van der Waals surface area contributed by atoms with Gasteiger partial charge in [0.2, 0.25) is 5.91 Å². The van der Waals surface area contributed by atoms with Crippen molar-refractivity contribution in [1.29, 1.82) is 0 Å². The van der Waals surface area contributed by atoms with Gasteiger partial charge in [0.15, 0.2) is 0 Å². The Balaban J connectivity index is 1.62. The van der Waals surface area contributed by atoms with Crippen molar-refractivity contribution in [2.75, 3.05) is 13.1 Å². The van der Waals surface area contributed by atoms with Crippen LogP contribution in [-0.2, 0) is 16.0 Å². The Bertz CT molecular complexity index is 870. The topological polar surface area (TPSA) is 86.7 Å². The second kappa shape index (κ2) is 9.32. The minimum Gasteiger partial charge on any atom is -0.480 e. The maximum Gasteiger partial charge on any atom is 0.326 e. The third-order valence-electron chi connectivity index (χ3n) is 5.07. The molecule has 2 atom stereocenters. The lowest BCUT2D eigenvalue weighted by atomic mass is 9.95. The quantitative estimate of drug-likeness (QED) is 0.783. The number of carboxylic acid groups (broad SMARTS) is 1. The van der Waals surface area contributed by atoms with Gasteiger partial charge < -0.3 is 15.3 Å². The molecule has 2 aromatic carbocycles. The molecule has 6 nitrogen and oxygen atoms in total. The van der Waals surface area contributed by atoms with Gasteiger partial charge >= 0.3 is 5.97 Å². The highest BCUT2D eigenvalue weighted by Gasteiger charge is 2.31. The summed E-state index contributed by atoms with van der Waals surface area (Å²) in [6, 6.07) is 13.3. The summed E-state index contributed by atoms with van der Waals surface area (Å²) in [5.74, 6) is -2.63. The minimum absolute atomic E-state index is 0.187. The maximum absolute atomic E-state index is 13.1. The average Bonchev–Trinajstić information content (AvgIpc) is 2.74. The fraction of sp³-hybridized carbons (Fsp3) is 0.318. The highest BCUT2D eigenvalue weighted by molar-refractivity contribution is 5.95. The van der Waals surface area contributed by atoms with Crippen LogP contribution in [0.15, 0.2) is 54.6 Å². The van der Waals surface area contributed by atoms with E-state index >= 15 is 0 Å². The molecule has 1 heterocycles. The SMILES string of the molecule is O=C(N[C@@H](Cc1ccccc1)C(=O)O)C1CCCN(C(=O)c2ccc(F)cc2)C1. The van der Waals surface area contributed by atoms with Crippen LogP contribution >= 0.6 is 0 Å². The Morgan fingerprint density at radius 2 is 1.79 bits per heavy atom. The van der Waals surface area contributed by atoms with E-state index in [0.717, 1.165) is 5.56 Å². The zero-order valence-corrected chi connectivity index (χ0v) is 15.9.